The van der Waals surface area contributed by atoms with Gasteiger partial charge in [0, 0.05) is 13.0 Å². The molecule has 2 aromatic rings. The van der Waals surface area contributed by atoms with Crippen LogP contribution in [0.15, 0.2) is 48.5 Å². The first-order valence-corrected chi connectivity index (χ1v) is 9.06. The summed E-state index contributed by atoms with van der Waals surface area (Å²) in [6.07, 6.45) is -3.05. The minimum Gasteiger partial charge on any atom is -0.368 e. The minimum atomic E-state index is -4.33. The zero-order chi connectivity index (χ0) is 21.9. The molecule has 29 heavy (non-hydrogen) atoms. The Hall–Kier alpha value is -2.87. The van der Waals surface area contributed by atoms with E-state index < -0.39 is 23.7 Å². The number of carbonyl (C=O) groups is 2. The van der Waals surface area contributed by atoms with Gasteiger partial charge in [0.1, 0.15) is 0 Å². The first-order chi connectivity index (χ1) is 13.6. The number of hydrogen-bond acceptors (Lipinski definition) is 3. The number of rotatable bonds is 7. The topological polar surface area (TPSA) is 98.2 Å². The van der Waals surface area contributed by atoms with Crippen molar-refractivity contribution >= 4 is 11.8 Å². The summed E-state index contributed by atoms with van der Waals surface area (Å²) in [4.78, 5) is 21.5. The number of carbonyl (C=O) groups excluding carboxylic acids is 2. The van der Waals surface area contributed by atoms with E-state index in [1.165, 1.54) is 12.1 Å². The largest absolute Gasteiger partial charge is 0.416 e. The van der Waals surface area contributed by atoms with Crippen LogP contribution >= 0.6 is 0 Å². The van der Waals surface area contributed by atoms with E-state index in [9.17, 15) is 22.8 Å². The molecule has 0 unspecified atom stereocenters. The van der Waals surface area contributed by atoms with E-state index in [-0.39, 0.29) is 5.91 Å². The number of nitrogens with two attached hydrogens (primary N) is 2. The first-order valence-electron chi connectivity index (χ1n) is 9.06. The lowest BCUT2D eigenvalue weighted by Gasteiger charge is -2.09. The fourth-order valence-electron chi connectivity index (χ4n) is 2.19. The molecule has 8 heteroatoms. The van der Waals surface area contributed by atoms with Crippen LogP contribution in [-0.4, -0.2) is 17.9 Å². The molecule has 2 amide bonds. The predicted molar refractivity (Wildman–Crippen MR) is 104 cm³/mol. The lowest BCUT2D eigenvalue weighted by atomic mass is 10.0. The van der Waals surface area contributed by atoms with Gasteiger partial charge >= 0.3 is 6.18 Å². The Bertz CT molecular complexity index is 763. The van der Waals surface area contributed by atoms with Crippen LogP contribution in [0.1, 0.15) is 36.5 Å². The lowest BCUT2D eigenvalue weighted by molar-refractivity contribution is -0.137. The average molecular weight is 408 g/mol. The second-order valence-electron chi connectivity index (χ2n) is 6.28. The summed E-state index contributed by atoms with van der Waals surface area (Å²) in [5.41, 5.74) is 11.5. The third-order valence-corrected chi connectivity index (χ3v) is 3.99. The SMILES string of the molecule is CCC(=O)NCc1cc[c]cc1.NC(=O)[C@H](N)CCc1ccc(C(F)(F)F)cc1. The molecule has 2 rings (SSSR count). The van der Waals surface area contributed by atoms with Crippen LogP contribution in [0, 0.1) is 6.07 Å². The molecule has 0 aromatic heterocycles. The van der Waals surface area contributed by atoms with Crippen molar-refractivity contribution in [3.8, 4) is 0 Å². The maximum absolute atomic E-state index is 12.3. The number of alkyl halides is 3. The molecule has 157 valence electrons. The number of benzene rings is 2. The molecule has 0 bridgehead atoms. The summed E-state index contributed by atoms with van der Waals surface area (Å²) in [5.74, 6) is -0.528. The second-order valence-corrected chi connectivity index (χ2v) is 6.28. The van der Waals surface area contributed by atoms with E-state index in [4.69, 9.17) is 11.5 Å². The van der Waals surface area contributed by atoms with E-state index in [0.717, 1.165) is 17.7 Å². The van der Waals surface area contributed by atoms with Crippen LogP contribution in [0.5, 0.6) is 0 Å². The van der Waals surface area contributed by atoms with Crippen molar-refractivity contribution in [1.29, 1.82) is 0 Å². The summed E-state index contributed by atoms with van der Waals surface area (Å²) < 4.78 is 36.8. The monoisotopic (exact) mass is 408 g/mol. The van der Waals surface area contributed by atoms with E-state index in [1.807, 2.05) is 31.2 Å². The number of halogens is 3. The molecular weight excluding hydrogens is 383 g/mol. The van der Waals surface area contributed by atoms with Gasteiger partial charge in [0.05, 0.1) is 11.6 Å². The maximum Gasteiger partial charge on any atom is 0.416 e. The Morgan fingerprint density at radius 3 is 2.14 bits per heavy atom. The van der Waals surface area contributed by atoms with Gasteiger partial charge in [-0.25, -0.2) is 0 Å². The van der Waals surface area contributed by atoms with Crippen molar-refractivity contribution in [2.75, 3.05) is 0 Å². The number of aryl methyl sites for hydroxylation is 1. The predicted octanol–water partition coefficient (Wildman–Crippen LogP) is 2.96. The standard InChI is InChI=1S/C11H13F3N2O.C10H12NO/c12-11(13,14)8-4-1-7(2-5-8)3-6-9(15)10(16)17;1-2-10(12)11-8-9-6-4-3-5-7-9/h1-2,4-5,9H,3,6,15H2,(H2,16,17);4-7H,2,8H2,1H3,(H,11,12)/t9-;/m1./s1. The van der Waals surface area contributed by atoms with Gasteiger partial charge in [0.25, 0.3) is 0 Å². The van der Waals surface area contributed by atoms with Crippen molar-refractivity contribution in [3.63, 3.8) is 0 Å². The summed E-state index contributed by atoms with van der Waals surface area (Å²) in [6, 6.07) is 14.5. The Morgan fingerprint density at radius 1 is 1.07 bits per heavy atom. The van der Waals surface area contributed by atoms with Gasteiger partial charge < -0.3 is 16.8 Å². The molecule has 5 N–H and O–H groups in total. The summed E-state index contributed by atoms with van der Waals surface area (Å²) in [5, 5.41) is 2.80. The van der Waals surface area contributed by atoms with Gasteiger partial charge in [-0.2, -0.15) is 13.2 Å². The average Bonchev–Trinajstić information content (AvgIpc) is 2.71. The quantitative estimate of drug-likeness (QED) is 0.657. The molecule has 0 saturated carbocycles. The van der Waals surface area contributed by atoms with Crippen molar-refractivity contribution in [2.45, 2.75) is 44.9 Å². The molecule has 0 fully saturated rings. The normalized spacial score (nSPS) is 11.8. The molecule has 0 heterocycles. The maximum atomic E-state index is 12.3. The van der Waals surface area contributed by atoms with Crippen LogP contribution in [0.25, 0.3) is 0 Å². The third kappa shape index (κ3) is 9.75. The molecule has 5 nitrogen and oxygen atoms in total. The van der Waals surface area contributed by atoms with Gasteiger partial charge in [-0.1, -0.05) is 43.3 Å². The zero-order valence-electron chi connectivity index (χ0n) is 16.1. The molecule has 2 aromatic carbocycles. The molecule has 0 aliphatic rings. The Balaban J connectivity index is 0.000000308. The van der Waals surface area contributed by atoms with Crippen molar-refractivity contribution < 1.29 is 22.8 Å². The van der Waals surface area contributed by atoms with Crippen LogP contribution in [0.4, 0.5) is 13.2 Å². The molecule has 0 spiro atoms. The van der Waals surface area contributed by atoms with Crippen molar-refractivity contribution in [3.05, 3.63) is 71.3 Å². The van der Waals surface area contributed by atoms with Gasteiger partial charge in [-0.3, -0.25) is 9.59 Å². The number of amides is 2. The molecular formula is C21H25F3N3O2. The Labute approximate surface area is 168 Å². The molecule has 0 aliphatic carbocycles. The fraction of sp³-hybridized carbons (Fsp3) is 0.333. The highest BCUT2D eigenvalue weighted by Gasteiger charge is 2.29. The fourth-order valence-corrected chi connectivity index (χ4v) is 2.19. The van der Waals surface area contributed by atoms with Crippen LogP contribution < -0.4 is 16.8 Å². The van der Waals surface area contributed by atoms with E-state index in [2.05, 4.69) is 11.4 Å². The lowest BCUT2D eigenvalue weighted by Crippen LogP contribution is -2.36. The smallest absolute Gasteiger partial charge is 0.368 e. The molecule has 0 saturated heterocycles. The highest BCUT2D eigenvalue weighted by Crippen LogP contribution is 2.29. The van der Waals surface area contributed by atoms with Crippen LogP contribution in [-0.2, 0) is 28.7 Å². The minimum absolute atomic E-state index is 0.0860. The van der Waals surface area contributed by atoms with Crippen molar-refractivity contribution in [1.82, 2.24) is 5.32 Å². The first kappa shape index (κ1) is 24.2. The van der Waals surface area contributed by atoms with Gasteiger partial charge in [0.2, 0.25) is 11.8 Å². The summed E-state index contributed by atoms with van der Waals surface area (Å²) in [7, 11) is 0. The molecule has 1 atom stereocenters. The van der Waals surface area contributed by atoms with Crippen LogP contribution in [0.3, 0.4) is 0 Å². The molecule has 0 aliphatic heterocycles. The Kier molecular flexibility index (Phi) is 9.88. The van der Waals surface area contributed by atoms with Gasteiger partial charge in [-0.05, 0) is 42.2 Å². The van der Waals surface area contributed by atoms with E-state index in [0.29, 0.717) is 31.4 Å². The van der Waals surface area contributed by atoms with Crippen LogP contribution in [0.2, 0.25) is 0 Å². The highest BCUT2D eigenvalue weighted by molar-refractivity contribution is 5.79. The molecule has 1 radical (unpaired) electrons. The third-order valence-electron chi connectivity index (χ3n) is 3.99. The van der Waals surface area contributed by atoms with Gasteiger partial charge in [-0.15, -0.1) is 0 Å². The highest BCUT2D eigenvalue weighted by atomic mass is 19.4. The Morgan fingerprint density at radius 2 is 1.66 bits per heavy atom. The number of nitrogens with one attached hydrogen (secondary N) is 1. The second kappa shape index (κ2) is 11.9. The number of primary amides is 1. The van der Waals surface area contributed by atoms with E-state index in [1.54, 1.807) is 0 Å². The summed E-state index contributed by atoms with van der Waals surface area (Å²) in [6.45, 7) is 2.45. The summed E-state index contributed by atoms with van der Waals surface area (Å²) >= 11 is 0. The zero-order valence-corrected chi connectivity index (χ0v) is 16.1. The number of hydrogen-bond donors (Lipinski definition) is 3. The van der Waals surface area contributed by atoms with E-state index >= 15 is 0 Å². The van der Waals surface area contributed by atoms with Crippen molar-refractivity contribution in [2.24, 2.45) is 11.5 Å². The van der Waals surface area contributed by atoms with Gasteiger partial charge in [0.15, 0.2) is 0 Å².